The maximum atomic E-state index is 13.4. The molecule has 1 N–H and O–H groups in total. The molecule has 31 heavy (non-hydrogen) atoms. The number of benzene rings is 2. The fraction of sp³-hybridized carbons (Fsp3) is 0.217. The molecular formula is C23H23F3N4S. The highest BCUT2D eigenvalue weighted by Crippen LogP contribution is 2.34. The van der Waals surface area contributed by atoms with Crippen LogP contribution >= 0.6 is 12.2 Å². The van der Waals surface area contributed by atoms with E-state index in [1.54, 1.807) is 17.2 Å². The van der Waals surface area contributed by atoms with E-state index in [2.05, 4.69) is 10.3 Å². The number of hydrogen-bond acceptors (Lipinski definition) is 3. The lowest BCUT2D eigenvalue weighted by atomic mass is 10.1. The molecule has 0 saturated heterocycles. The van der Waals surface area contributed by atoms with Crippen molar-refractivity contribution >= 4 is 28.7 Å². The molecule has 0 fully saturated rings. The van der Waals surface area contributed by atoms with Crippen LogP contribution in [0, 0.1) is 0 Å². The topological polar surface area (TPSA) is 31.4 Å². The second kappa shape index (κ2) is 9.78. The van der Waals surface area contributed by atoms with Gasteiger partial charge in [0.1, 0.15) is 0 Å². The van der Waals surface area contributed by atoms with Crippen LogP contribution < -0.4 is 10.2 Å². The number of thiocarbonyl (C=S) groups is 1. The van der Waals surface area contributed by atoms with E-state index in [-0.39, 0.29) is 10.8 Å². The van der Waals surface area contributed by atoms with Crippen LogP contribution in [0.5, 0.6) is 0 Å². The highest BCUT2D eigenvalue weighted by molar-refractivity contribution is 7.80. The van der Waals surface area contributed by atoms with Gasteiger partial charge in [-0.1, -0.05) is 30.3 Å². The minimum absolute atomic E-state index is 0.0750. The van der Waals surface area contributed by atoms with Crippen LogP contribution in [0.1, 0.15) is 16.8 Å². The number of anilines is 2. The molecule has 0 atom stereocenters. The molecule has 162 valence electrons. The second-order valence-corrected chi connectivity index (χ2v) is 7.60. The van der Waals surface area contributed by atoms with Gasteiger partial charge in [0.2, 0.25) is 0 Å². The number of alkyl halides is 3. The zero-order valence-electron chi connectivity index (χ0n) is 17.2. The monoisotopic (exact) mass is 444 g/mol. The number of rotatable bonds is 6. The first-order valence-electron chi connectivity index (χ1n) is 9.62. The van der Waals surface area contributed by atoms with E-state index in [9.17, 15) is 13.2 Å². The molecule has 1 heterocycles. The maximum Gasteiger partial charge on any atom is 0.418 e. The van der Waals surface area contributed by atoms with Crippen molar-refractivity contribution in [1.82, 2.24) is 9.88 Å². The maximum absolute atomic E-state index is 13.4. The van der Waals surface area contributed by atoms with Crippen molar-refractivity contribution in [3.8, 4) is 0 Å². The zero-order chi connectivity index (χ0) is 22.4. The van der Waals surface area contributed by atoms with Gasteiger partial charge in [-0.3, -0.25) is 4.98 Å². The number of hydrogen-bond donors (Lipinski definition) is 1. The van der Waals surface area contributed by atoms with Crippen molar-refractivity contribution in [2.75, 3.05) is 24.3 Å². The van der Waals surface area contributed by atoms with Gasteiger partial charge in [0.05, 0.1) is 23.5 Å². The third kappa shape index (κ3) is 6.18. The average Bonchev–Trinajstić information content (AvgIpc) is 2.74. The summed E-state index contributed by atoms with van der Waals surface area (Å²) < 4.78 is 40.2. The third-order valence-electron chi connectivity index (χ3n) is 4.67. The number of halogens is 3. The van der Waals surface area contributed by atoms with E-state index in [0.717, 1.165) is 23.0 Å². The highest BCUT2D eigenvalue weighted by atomic mass is 32.1. The second-order valence-electron chi connectivity index (χ2n) is 7.21. The predicted octanol–water partition coefficient (Wildman–Crippen LogP) is 5.57. The van der Waals surface area contributed by atoms with Gasteiger partial charge in [-0.25, -0.2) is 0 Å². The normalized spacial score (nSPS) is 11.1. The van der Waals surface area contributed by atoms with E-state index < -0.39 is 11.7 Å². The minimum Gasteiger partial charge on any atom is -0.378 e. The number of nitrogens with zero attached hydrogens (tertiary/aromatic N) is 3. The molecule has 2 aromatic carbocycles. The smallest absolute Gasteiger partial charge is 0.378 e. The Morgan fingerprint density at radius 1 is 0.935 bits per heavy atom. The Hall–Kier alpha value is -3.13. The van der Waals surface area contributed by atoms with Gasteiger partial charge in [-0.15, -0.1) is 0 Å². The lowest BCUT2D eigenvalue weighted by Gasteiger charge is -2.27. The Morgan fingerprint density at radius 3 is 2.23 bits per heavy atom. The first-order valence-corrected chi connectivity index (χ1v) is 10.0. The largest absolute Gasteiger partial charge is 0.418 e. The number of aromatic nitrogens is 1. The van der Waals surface area contributed by atoms with Gasteiger partial charge in [0.25, 0.3) is 0 Å². The molecule has 0 unspecified atom stereocenters. The summed E-state index contributed by atoms with van der Waals surface area (Å²) >= 11 is 5.52. The third-order valence-corrected chi connectivity index (χ3v) is 5.03. The Bertz CT molecular complexity index is 1010. The zero-order valence-corrected chi connectivity index (χ0v) is 18.0. The quantitative estimate of drug-likeness (QED) is 0.503. The molecule has 3 aromatic rings. The molecule has 3 rings (SSSR count). The van der Waals surface area contributed by atoms with E-state index >= 15 is 0 Å². The average molecular weight is 445 g/mol. The fourth-order valence-electron chi connectivity index (χ4n) is 3.04. The van der Waals surface area contributed by atoms with Crippen LogP contribution in [0.25, 0.3) is 0 Å². The molecule has 0 aliphatic rings. The van der Waals surface area contributed by atoms with Crippen molar-refractivity contribution in [3.05, 3.63) is 89.7 Å². The van der Waals surface area contributed by atoms with Gasteiger partial charge < -0.3 is 15.1 Å². The van der Waals surface area contributed by atoms with Crippen molar-refractivity contribution in [3.63, 3.8) is 0 Å². The highest BCUT2D eigenvalue weighted by Gasteiger charge is 2.33. The van der Waals surface area contributed by atoms with E-state index in [4.69, 9.17) is 12.2 Å². The van der Waals surface area contributed by atoms with E-state index in [1.165, 1.54) is 12.1 Å². The first kappa shape index (κ1) is 22.6. The summed E-state index contributed by atoms with van der Waals surface area (Å²) in [6, 6.07) is 18.8. The Balaban J connectivity index is 1.85. The van der Waals surface area contributed by atoms with Crippen LogP contribution in [0.2, 0.25) is 0 Å². The number of para-hydroxylation sites is 1. The molecule has 0 spiro atoms. The minimum atomic E-state index is -4.48. The number of pyridine rings is 1. The van der Waals surface area contributed by atoms with Gasteiger partial charge in [-0.2, -0.15) is 13.2 Å². The summed E-state index contributed by atoms with van der Waals surface area (Å²) in [7, 11) is 3.92. The number of nitrogens with one attached hydrogen (secondary N) is 1. The molecule has 0 aliphatic carbocycles. The van der Waals surface area contributed by atoms with Crippen molar-refractivity contribution in [2.45, 2.75) is 19.3 Å². The lowest BCUT2D eigenvalue weighted by molar-refractivity contribution is -0.136. The lowest BCUT2D eigenvalue weighted by Crippen LogP contribution is -2.34. The Labute approximate surface area is 185 Å². The molecule has 0 bridgehead atoms. The molecule has 0 aliphatic heterocycles. The van der Waals surface area contributed by atoms with E-state index in [1.807, 2.05) is 61.5 Å². The van der Waals surface area contributed by atoms with Gasteiger partial charge in [0.15, 0.2) is 5.11 Å². The summed E-state index contributed by atoms with van der Waals surface area (Å²) in [5, 5.41) is 2.98. The molecule has 4 nitrogen and oxygen atoms in total. The summed E-state index contributed by atoms with van der Waals surface area (Å²) in [6.07, 6.45) is -2.80. The van der Waals surface area contributed by atoms with Crippen LogP contribution in [-0.2, 0) is 19.3 Å². The van der Waals surface area contributed by atoms with Crippen LogP contribution in [-0.4, -0.2) is 29.1 Å². The van der Waals surface area contributed by atoms with Gasteiger partial charge >= 0.3 is 6.18 Å². The van der Waals surface area contributed by atoms with Crippen LogP contribution in [0.4, 0.5) is 24.5 Å². The fourth-order valence-corrected chi connectivity index (χ4v) is 3.28. The van der Waals surface area contributed by atoms with Crippen molar-refractivity contribution in [1.29, 1.82) is 0 Å². The molecular weight excluding hydrogens is 421 g/mol. The molecule has 1 aromatic heterocycles. The van der Waals surface area contributed by atoms with Gasteiger partial charge in [-0.05, 0) is 54.2 Å². The Morgan fingerprint density at radius 2 is 1.61 bits per heavy atom. The van der Waals surface area contributed by atoms with Crippen LogP contribution in [0.15, 0.2) is 72.9 Å². The molecule has 0 radical (unpaired) electrons. The molecule has 0 saturated carbocycles. The SMILES string of the molecule is CN(C)c1ccc(CN(Cc2ccccn2)C(=S)Nc2ccccc2C(F)(F)F)cc1. The molecule has 0 amide bonds. The van der Waals surface area contributed by atoms with E-state index in [0.29, 0.717) is 13.1 Å². The molecule has 8 heteroatoms. The summed E-state index contributed by atoms with van der Waals surface area (Å²) in [5.41, 5.74) is 1.97. The summed E-state index contributed by atoms with van der Waals surface area (Å²) in [6.45, 7) is 0.778. The Kier molecular flexibility index (Phi) is 7.12. The summed E-state index contributed by atoms with van der Waals surface area (Å²) in [5.74, 6) is 0. The van der Waals surface area contributed by atoms with Gasteiger partial charge in [0, 0.05) is 32.5 Å². The van der Waals surface area contributed by atoms with Crippen molar-refractivity contribution < 1.29 is 13.2 Å². The summed E-state index contributed by atoms with van der Waals surface area (Å²) in [4.78, 5) is 8.12. The first-order chi connectivity index (χ1) is 14.7. The standard InChI is InChI=1S/C23H23F3N4S/c1-29(2)19-12-10-17(11-13-19)15-30(16-18-7-5-6-14-27-18)22(31)28-21-9-4-3-8-20(21)23(24,25)26/h3-14H,15-16H2,1-2H3,(H,28,31). The predicted molar refractivity (Wildman–Crippen MR) is 122 cm³/mol. The van der Waals surface area contributed by atoms with Crippen LogP contribution in [0.3, 0.4) is 0 Å². The van der Waals surface area contributed by atoms with Crippen molar-refractivity contribution in [2.24, 2.45) is 0 Å².